The topological polar surface area (TPSA) is 95.7 Å². The van der Waals surface area contributed by atoms with Gasteiger partial charge in [0.15, 0.2) is 0 Å². The molecule has 1 fully saturated rings. The maximum atomic E-state index is 12.5. The van der Waals surface area contributed by atoms with Gasteiger partial charge in [-0.2, -0.15) is 5.10 Å². The molecular weight excluding hydrogens is 300 g/mol. The van der Waals surface area contributed by atoms with Crippen molar-refractivity contribution in [3.8, 4) is 0 Å². The van der Waals surface area contributed by atoms with E-state index in [-0.39, 0.29) is 24.4 Å². The van der Waals surface area contributed by atoms with E-state index in [9.17, 15) is 14.4 Å². The summed E-state index contributed by atoms with van der Waals surface area (Å²) in [5, 5.41) is 13.0. The fraction of sp³-hybridized carbons (Fsp3) is 0.600. The molecule has 0 bridgehead atoms. The van der Waals surface area contributed by atoms with E-state index in [1.807, 2.05) is 0 Å². The van der Waals surface area contributed by atoms with Crippen LogP contribution in [0.4, 0.5) is 0 Å². The molecule has 1 aliphatic heterocycles. The van der Waals surface area contributed by atoms with E-state index in [1.165, 1.54) is 18.0 Å². The largest absolute Gasteiger partial charge is 0.480 e. The van der Waals surface area contributed by atoms with E-state index < -0.39 is 5.97 Å². The Morgan fingerprint density at radius 3 is 2.65 bits per heavy atom. The number of carbonyl (C=O) groups is 3. The molecule has 23 heavy (non-hydrogen) atoms. The van der Waals surface area contributed by atoms with Gasteiger partial charge in [0.1, 0.15) is 6.54 Å². The summed E-state index contributed by atoms with van der Waals surface area (Å²) in [6.07, 6.45) is 5.23. The molecule has 1 atom stereocenters. The Hall–Kier alpha value is -2.38. The molecule has 126 valence electrons. The lowest BCUT2D eigenvalue weighted by Gasteiger charge is -2.28. The van der Waals surface area contributed by atoms with Crippen LogP contribution in [0, 0.1) is 0 Å². The first-order chi connectivity index (χ1) is 10.9. The van der Waals surface area contributed by atoms with E-state index in [0.717, 1.165) is 6.42 Å². The second-order valence-corrected chi connectivity index (χ2v) is 5.82. The summed E-state index contributed by atoms with van der Waals surface area (Å²) in [5.74, 6) is -1.34. The predicted molar refractivity (Wildman–Crippen MR) is 81.8 cm³/mol. The second-order valence-electron chi connectivity index (χ2n) is 5.82. The standard InChI is InChI=1S/C15H22N4O4/c1-11(20)19(10-14(21)22)13-4-3-6-18(7-5-13)15(23)12-8-16-17(2)9-12/h8-9,13H,3-7,10H2,1-2H3,(H,21,22). The molecule has 0 saturated carbocycles. The van der Waals surface area contributed by atoms with Crippen LogP contribution in [0.5, 0.6) is 0 Å². The van der Waals surface area contributed by atoms with Gasteiger partial charge in [0.05, 0.1) is 11.8 Å². The van der Waals surface area contributed by atoms with E-state index >= 15 is 0 Å². The number of rotatable bonds is 4. The monoisotopic (exact) mass is 322 g/mol. The summed E-state index contributed by atoms with van der Waals surface area (Å²) in [4.78, 5) is 38.2. The van der Waals surface area contributed by atoms with Crippen molar-refractivity contribution >= 4 is 17.8 Å². The average Bonchev–Trinajstić information content (AvgIpc) is 2.78. The van der Waals surface area contributed by atoms with Gasteiger partial charge < -0.3 is 14.9 Å². The van der Waals surface area contributed by atoms with Gasteiger partial charge >= 0.3 is 5.97 Å². The molecule has 1 saturated heterocycles. The minimum absolute atomic E-state index is 0.0774. The number of aromatic nitrogens is 2. The minimum Gasteiger partial charge on any atom is -0.480 e. The van der Waals surface area contributed by atoms with Crippen molar-refractivity contribution < 1.29 is 19.5 Å². The number of amides is 2. The van der Waals surface area contributed by atoms with Crippen LogP contribution in [0.2, 0.25) is 0 Å². The molecule has 2 amide bonds. The van der Waals surface area contributed by atoms with Gasteiger partial charge in [-0.25, -0.2) is 0 Å². The van der Waals surface area contributed by atoms with Crippen LogP contribution in [0.1, 0.15) is 36.5 Å². The van der Waals surface area contributed by atoms with Crippen molar-refractivity contribution in [3.05, 3.63) is 18.0 Å². The van der Waals surface area contributed by atoms with E-state index in [0.29, 0.717) is 31.5 Å². The lowest BCUT2D eigenvalue weighted by Crippen LogP contribution is -2.43. The predicted octanol–water partition coefficient (Wildman–Crippen LogP) is 0.348. The third-order valence-electron chi connectivity index (χ3n) is 4.09. The summed E-state index contributed by atoms with van der Waals surface area (Å²) in [7, 11) is 1.76. The number of likely N-dealkylation sites (tertiary alicyclic amines) is 1. The molecular formula is C15H22N4O4. The van der Waals surface area contributed by atoms with Crippen LogP contribution >= 0.6 is 0 Å². The second kappa shape index (κ2) is 7.26. The molecule has 2 heterocycles. The normalized spacial score (nSPS) is 18.3. The molecule has 0 aromatic carbocycles. The number of hydrogen-bond acceptors (Lipinski definition) is 4. The molecule has 1 aliphatic rings. The van der Waals surface area contributed by atoms with Gasteiger partial charge in [-0.3, -0.25) is 19.1 Å². The lowest BCUT2D eigenvalue weighted by atomic mass is 10.1. The first kappa shape index (κ1) is 17.0. The molecule has 8 heteroatoms. The number of carbonyl (C=O) groups excluding carboxylic acids is 2. The third-order valence-corrected chi connectivity index (χ3v) is 4.09. The molecule has 1 aromatic heterocycles. The lowest BCUT2D eigenvalue weighted by molar-refractivity contribution is -0.145. The molecule has 8 nitrogen and oxygen atoms in total. The van der Waals surface area contributed by atoms with Crippen LogP contribution in [-0.2, 0) is 16.6 Å². The summed E-state index contributed by atoms with van der Waals surface area (Å²) in [6, 6.07) is -0.143. The maximum absolute atomic E-state index is 12.5. The van der Waals surface area contributed by atoms with Gasteiger partial charge in [0.25, 0.3) is 5.91 Å². The summed E-state index contributed by atoms with van der Waals surface area (Å²) in [6.45, 7) is 2.19. The van der Waals surface area contributed by atoms with Crippen LogP contribution in [0.25, 0.3) is 0 Å². The van der Waals surface area contributed by atoms with Crippen molar-refractivity contribution in [3.63, 3.8) is 0 Å². The SMILES string of the molecule is CC(=O)N(CC(=O)O)C1CCCN(C(=O)c2cnn(C)c2)CC1. The Balaban J connectivity index is 2.02. The highest BCUT2D eigenvalue weighted by atomic mass is 16.4. The van der Waals surface area contributed by atoms with Crippen molar-refractivity contribution in [1.29, 1.82) is 0 Å². The summed E-state index contributed by atoms with van der Waals surface area (Å²) in [5.41, 5.74) is 0.542. The van der Waals surface area contributed by atoms with Crippen molar-refractivity contribution in [2.45, 2.75) is 32.2 Å². The van der Waals surface area contributed by atoms with Gasteiger partial charge in [-0.15, -0.1) is 0 Å². The van der Waals surface area contributed by atoms with Gasteiger partial charge in [-0.1, -0.05) is 0 Å². The zero-order valence-electron chi connectivity index (χ0n) is 13.4. The third kappa shape index (κ3) is 4.30. The fourth-order valence-electron chi connectivity index (χ4n) is 2.95. The van der Waals surface area contributed by atoms with Crippen LogP contribution < -0.4 is 0 Å². The Bertz CT molecular complexity index is 598. The zero-order valence-corrected chi connectivity index (χ0v) is 13.4. The van der Waals surface area contributed by atoms with E-state index in [2.05, 4.69) is 5.10 Å². The van der Waals surface area contributed by atoms with Gasteiger partial charge in [-0.05, 0) is 19.3 Å². The minimum atomic E-state index is -1.02. The van der Waals surface area contributed by atoms with Crippen molar-refractivity contribution in [2.75, 3.05) is 19.6 Å². The molecule has 0 spiro atoms. The fourth-order valence-corrected chi connectivity index (χ4v) is 2.95. The average molecular weight is 322 g/mol. The maximum Gasteiger partial charge on any atom is 0.323 e. The number of carboxylic acids is 1. The quantitative estimate of drug-likeness (QED) is 0.863. The highest BCUT2D eigenvalue weighted by Crippen LogP contribution is 2.18. The van der Waals surface area contributed by atoms with Crippen molar-refractivity contribution in [2.24, 2.45) is 7.05 Å². The van der Waals surface area contributed by atoms with Gasteiger partial charge in [0.2, 0.25) is 5.91 Å². The highest BCUT2D eigenvalue weighted by molar-refractivity contribution is 5.93. The van der Waals surface area contributed by atoms with Crippen LogP contribution in [0.3, 0.4) is 0 Å². The summed E-state index contributed by atoms with van der Waals surface area (Å²) >= 11 is 0. The first-order valence-electron chi connectivity index (χ1n) is 7.65. The molecule has 1 unspecified atom stereocenters. The molecule has 0 aliphatic carbocycles. The summed E-state index contributed by atoms with van der Waals surface area (Å²) < 4.78 is 1.58. The Kier molecular flexibility index (Phi) is 5.36. The smallest absolute Gasteiger partial charge is 0.323 e. The van der Waals surface area contributed by atoms with Crippen molar-refractivity contribution in [1.82, 2.24) is 19.6 Å². The first-order valence-corrected chi connectivity index (χ1v) is 7.65. The van der Waals surface area contributed by atoms with E-state index in [4.69, 9.17) is 5.11 Å². The Morgan fingerprint density at radius 1 is 1.35 bits per heavy atom. The molecule has 2 rings (SSSR count). The Morgan fingerprint density at radius 2 is 2.09 bits per heavy atom. The zero-order chi connectivity index (χ0) is 17.0. The Labute approximate surface area is 134 Å². The van der Waals surface area contributed by atoms with E-state index in [1.54, 1.807) is 22.8 Å². The number of aliphatic carboxylic acids is 1. The molecule has 0 radical (unpaired) electrons. The number of hydrogen-bond donors (Lipinski definition) is 1. The van der Waals surface area contributed by atoms with Gasteiger partial charge in [0, 0.05) is 39.3 Å². The van der Waals surface area contributed by atoms with Crippen LogP contribution in [0.15, 0.2) is 12.4 Å². The highest BCUT2D eigenvalue weighted by Gasteiger charge is 2.28. The number of aryl methyl sites for hydroxylation is 1. The molecule has 1 aromatic rings. The number of nitrogens with zero attached hydrogens (tertiary/aromatic N) is 4. The van der Waals surface area contributed by atoms with Crippen LogP contribution in [-0.4, -0.2) is 68.1 Å². The molecule has 1 N–H and O–H groups in total. The number of carboxylic acid groups (broad SMARTS) is 1.